The minimum Gasteiger partial charge on any atom is -0.353 e. The van der Waals surface area contributed by atoms with Crippen molar-refractivity contribution in [1.82, 2.24) is 5.32 Å². The SMILES string of the molecule is CCC(CC)NC(=O)Cc1ccc(C)cc1C. The number of amides is 1. The standard InChI is InChI=1S/C15H23NO/c1-5-14(6-2)16-15(17)10-13-8-7-11(3)9-12(13)4/h7-9,14H,5-6,10H2,1-4H3,(H,16,17). The Balaban J connectivity index is 2.62. The molecule has 1 N–H and O–H groups in total. The molecule has 0 atom stereocenters. The summed E-state index contributed by atoms with van der Waals surface area (Å²) in [7, 11) is 0. The normalized spacial score (nSPS) is 10.6. The van der Waals surface area contributed by atoms with Gasteiger partial charge in [-0.3, -0.25) is 4.79 Å². The van der Waals surface area contributed by atoms with Crippen LogP contribution in [0.3, 0.4) is 0 Å². The lowest BCUT2D eigenvalue weighted by atomic mass is 10.0. The third-order valence-electron chi connectivity index (χ3n) is 3.20. The molecule has 0 aliphatic rings. The van der Waals surface area contributed by atoms with Crippen molar-refractivity contribution >= 4 is 5.91 Å². The Bertz CT molecular complexity index is 381. The van der Waals surface area contributed by atoms with E-state index in [9.17, 15) is 4.79 Å². The Kier molecular flexibility index (Phi) is 5.20. The second-order valence-electron chi connectivity index (χ2n) is 4.69. The molecule has 2 heteroatoms. The van der Waals surface area contributed by atoms with Gasteiger partial charge in [0.2, 0.25) is 5.91 Å². The monoisotopic (exact) mass is 233 g/mol. The number of benzene rings is 1. The first-order valence-corrected chi connectivity index (χ1v) is 6.42. The summed E-state index contributed by atoms with van der Waals surface area (Å²) in [5.74, 6) is 0.130. The Morgan fingerprint density at radius 2 is 1.88 bits per heavy atom. The van der Waals surface area contributed by atoms with E-state index in [1.807, 2.05) is 0 Å². The van der Waals surface area contributed by atoms with E-state index >= 15 is 0 Å². The van der Waals surface area contributed by atoms with Gasteiger partial charge in [0.1, 0.15) is 0 Å². The molecule has 1 amide bonds. The number of hydrogen-bond donors (Lipinski definition) is 1. The fraction of sp³-hybridized carbons (Fsp3) is 0.533. The number of hydrogen-bond acceptors (Lipinski definition) is 1. The van der Waals surface area contributed by atoms with Gasteiger partial charge in [-0.25, -0.2) is 0 Å². The fourth-order valence-corrected chi connectivity index (χ4v) is 1.99. The molecule has 0 aliphatic heterocycles. The second-order valence-corrected chi connectivity index (χ2v) is 4.69. The molecule has 0 heterocycles. The average molecular weight is 233 g/mol. The lowest BCUT2D eigenvalue weighted by Crippen LogP contribution is -2.35. The van der Waals surface area contributed by atoms with Gasteiger partial charge in [0.25, 0.3) is 0 Å². The smallest absolute Gasteiger partial charge is 0.224 e. The van der Waals surface area contributed by atoms with Crippen LogP contribution in [-0.4, -0.2) is 11.9 Å². The molecule has 0 bridgehead atoms. The molecule has 0 unspecified atom stereocenters. The second kappa shape index (κ2) is 6.43. The first kappa shape index (κ1) is 13.8. The van der Waals surface area contributed by atoms with Crippen LogP contribution in [0.2, 0.25) is 0 Å². The molecule has 1 rings (SSSR count). The van der Waals surface area contributed by atoms with Gasteiger partial charge in [0.15, 0.2) is 0 Å². The number of rotatable bonds is 5. The first-order chi connectivity index (χ1) is 8.06. The molecular weight excluding hydrogens is 210 g/mol. The van der Waals surface area contributed by atoms with Gasteiger partial charge in [-0.1, -0.05) is 37.6 Å². The van der Waals surface area contributed by atoms with Gasteiger partial charge in [0, 0.05) is 6.04 Å². The highest BCUT2D eigenvalue weighted by Gasteiger charge is 2.10. The van der Waals surface area contributed by atoms with E-state index in [1.54, 1.807) is 0 Å². The minimum absolute atomic E-state index is 0.130. The van der Waals surface area contributed by atoms with Crippen LogP contribution in [0.1, 0.15) is 43.4 Å². The largest absolute Gasteiger partial charge is 0.353 e. The van der Waals surface area contributed by atoms with Crippen LogP contribution in [-0.2, 0) is 11.2 Å². The quantitative estimate of drug-likeness (QED) is 0.831. The summed E-state index contributed by atoms with van der Waals surface area (Å²) >= 11 is 0. The van der Waals surface area contributed by atoms with Crippen LogP contribution in [0, 0.1) is 13.8 Å². The molecule has 0 radical (unpaired) electrons. The van der Waals surface area contributed by atoms with Crippen LogP contribution in [0.25, 0.3) is 0 Å². The Morgan fingerprint density at radius 1 is 1.24 bits per heavy atom. The van der Waals surface area contributed by atoms with Crippen molar-refractivity contribution in [2.45, 2.75) is 53.0 Å². The summed E-state index contributed by atoms with van der Waals surface area (Å²) in [6.45, 7) is 8.34. The van der Waals surface area contributed by atoms with Crippen LogP contribution >= 0.6 is 0 Å². The van der Waals surface area contributed by atoms with E-state index < -0.39 is 0 Å². The highest BCUT2D eigenvalue weighted by Crippen LogP contribution is 2.11. The number of aryl methyl sites for hydroxylation is 2. The first-order valence-electron chi connectivity index (χ1n) is 6.42. The summed E-state index contributed by atoms with van der Waals surface area (Å²) in [6, 6.07) is 6.55. The molecule has 1 aromatic rings. The van der Waals surface area contributed by atoms with Crippen LogP contribution in [0.4, 0.5) is 0 Å². The number of carbonyl (C=O) groups is 1. The molecule has 2 nitrogen and oxygen atoms in total. The average Bonchev–Trinajstić information content (AvgIpc) is 2.29. The Morgan fingerprint density at radius 3 is 2.41 bits per heavy atom. The van der Waals surface area contributed by atoms with Gasteiger partial charge in [-0.15, -0.1) is 0 Å². The van der Waals surface area contributed by atoms with Gasteiger partial charge in [-0.05, 0) is 37.8 Å². The molecule has 0 fully saturated rings. The highest BCUT2D eigenvalue weighted by atomic mass is 16.1. The summed E-state index contributed by atoms with van der Waals surface area (Å²) in [6.07, 6.45) is 2.48. The Labute approximate surface area is 104 Å². The van der Waals surface area contributed by atoms with Crippen molar-refractivity contribution in [3.8, 4) is 0 Å². The van der Waals surface area contributed by atoms with Gasteiger partial charge in [-0.2, -0.15) is 0 Å². The number of carbonyl (C=O) groups excluding carboxylic acids is 1. The van der Waals surface area contributed by atoms with Crippen molar-refractivity contribution in [1.29, 1.82) is 0 Å². The maximum Gasteiger partial charge on any atom is 0.224 e. The van der Waals surface area contributed by atoms with Gasteiger partial charge >= 0.3 is 0 Å². The highest BCUT2D eigenvalue weighted by molar-refractivity contribution is 5.79. The van der Waals surface area contributed by atoms with E-state index in [1.165, 1.54) is 11.1 Å². The Hall–Kier alpha value is -1.31. The van der Waals surface area contributed by atoms with E-state index in [-0.39, 0.29) is 5.91 Å². The predicted molar refractivity (Wildman–Crippen MR) is 72.1 cm³/mol. The van der Waals surface area contributed by atoms with Crippen molar-refractivity contribution < 1.29 is 4.79 Å². The maximum absolute atomic E-state index is 11.9. The van der Waals surface area contributed by atoms with Crippen LogP contribution in [0.5, 0.6) is 0 Å². The topological polar surface area (TPSA) is 29.1 Å². The zero-order valence-corrected chi connectivity index (χ0v) is 11.3. The van der Waals surface area contributed by atoms with E-state index in [0.717, 1.165) is 18.4 Å². The molecular formula is C15H23NO. The van der Waals surface area contributed by atoms with Crippen molar-refractivity contribution in [2.24, 2.45) is 0 Å². The molecule has 94 valence electrons. The zero-order valence-electron chi connectivity index (χ0n) is 11.3. The van der Waals surface area contributed by atoms with Crippen LogP contribution < -0.4 is 5.32 Å². The molecule has 0 spiro atoms. The van der Waals surface area contributed by atoms with E-state index in [4.69, 9.17) is 0 Å². The molecule has 0 saturated heterocycles. The van der Waals surface area contributed by atoms with Crippen molar-refractivity contribution in [3.63, 3.8) is 0 Å². The van der Waals surface area contributed by atoms with Gasteiger partial charge in [0.05, 0.1) is 6.42 Å². The number of nitrogens with one attached hydrogen (secondary N) is 1. The fourth-order valence-electron chi connectivity index (χ4n) is 1.99. The molecule has 17 heavy (non-hydrogen) atoms. The lowest BCUT2D eigenvalue weighted by molar-refractivity contribution is -0.121. The molecule has 0 aromatic heterocycles. The van der Waals surface area contributed by atoms with Gasteiger partial charge < -0.3 is 5.32 Å². The van der Waals surface area contributed by atoms with Crippen molar-refractivity contribution in [2.75, 3.05) is 0 Å². The lowest BCUT2D eigenvalue weighted by Gasteiger charge is -2.15. The summed E-state index contributed by atoms with van der Waals surface area (Å²) < 4.78 is 0. The zero-order chi connectivity index (χ0) is 12.8. The van der Waals surface area contributed by atoms with E-state index in [0.29, 0.717) is 12.5 Å². The maximum atomic E-state index is 11.9. The third-order valence-corrected chi connectivity index (χ3v) is 3.20. The van der Waals surface area contributed by atoms with Crippen molar-refractivity contribution in [3.05, 3.63) is 34.9 Å². The summed E-state index contributed by atoms with van der Waals surface area (Å²) in [5, 5.41) is 3.07. The summed E-state index contributed by atoms with van der Waals surface area (Å²) in [4.78, 5) is 11.9. The van der Waals surface area contributed by atoms with E-state index in [2.05, 4.69) is 51.2 Å². The van der Waals surface area contributed by atoms with Crippen LogP contribution in [0.15, 0.2) is 18.2 Å². The molecule has 0 aliphatic carbocycles. The third kappa shape index (κ3) is 4.22. The minimum atomic E-state index is 0.130. The molecule has 1 aromatic carbocycles. The summed E-state index contributed by atoms with van der Waals surface area (Å²) in [5.41, 5.74) is 3.57. The predicted octanol–water partition coefficient (Wildman–Crippen LogP) is 3.15. The molecule has 0 saturated carbocycles.